The minimum Gasteiger partial charge on any atom is -0.466 e. The largest absolute Gasteiger partial charge is 0.466 e. The van der Waals surface area contributed by atoms with Crippen LogP contribution in [-0.4, -0.2) is 46.0 Å². The van der Waals surface area contributed by atoms with Crippen LogP contribution in [0.5, 0.6) is 5.75 Å². The molecular formula is C21H23BrN4O. The highest BCUT2D eigenvalue weighted by Crippen LogP contribution is 2.50. The lowest BCUT2D eigenvalue weighted by Crippen LogP contribution is -2.59. The molecule has 3 aliphatic heterocycles. The van der Waals surface area contributed by atoms with Crippen molar-refractivity contribution >= 4 is 21.6 Å². The Morgan fingerprint density at radius 1 is 1.22 bits per heavy atom. The van der Waals surface area contributed by atoms with Crippen molar-refractivity contribution < 1.29 is 4.74 Å². The van der Waals surface area contributed by atoms with E-state index in [4.69, 9.17) is 9.84 Å². The molecule has 1 fully saturated rings. The summed E-state index contributed by atoms with van der Waals surface area (Å²) in [5.74, 6) is 1.00. The normalized spacial score (nSPS) is 23.6. The Morgan fingerprint density at radius 3 is 2.81 bits per heavy atom. The SMILES string of the molecule is CCN1CCC2(CC1)Oc1ccc(Br)cc1C1CC(c3ccccn3)=NN12. The molecule has 140 valence electrons. The number of aromatic nitrogens is 1. The van der Waals surface area contributed by atoms with Gasteiger partial charge in [-0.3, -0.25) is 4.98 Å². The number of piperidine rings is 1. The summed E-state index contributed by atoms with van der Waals surface area (Å²) < 4.78 is 7.73. The van der Waals surface area contributed by atoms with E-state index >= 15 is 0 Å². The maximum Gasteiger partial charge on any atom is 0.200 e. The fourth-order valence-corrected chi connectivity index (χ4v) is 4.87. The number of hydrogen-bond donors (Lipinski definition) is 0. The van der Waals surface area contributed by atoms with Crippen LogP contribution < -0.4 is 4.74 Å². The van der Waals surface area contributed by atoms with Crippen LogP contribution in [0.1, 0.15) is 43.5 Å². The topological polar surface area (TPSA) is 41.0 Å². The van der Waals surface area contributed by atoms with Gasteiger partial charge in [0.25, 0.3) is 0 Å². The van der Waals surface area contributed by atoms with Gasteiger partial charge in [-0.15, -0.1) is 0 Å². The van der Waals surface area contributed by atoms with E-state index in [1.807, 2.05) is 24.4 Å². The number of ether oxygens (including phenoxy) is 1. The maximum absolute atomic E-state index is 6.66. The highest BCUT2D eigenvalue weighted by molar-refractivity contribution is 9.10. The highest BCUT2D eigenvalue weighted by Gasteiger charge is 2.51. The molecule has 0 N–H and O–H groups in total. The van der Waals surface area contributed by atoms with E-state index in [0.29, 0.717) is 0 Å². The van der Waals surface area contributed by atoms with E-state index in [0.717, 1.165) is 60.5 Å². The molecule has 27 heavy (non-hydrogen) atoms. The molecule has 0 aliphatic carbocycles. The number of hydrogen-bond acceptors (Lipinski definition) is 5. The molecule has 2 aromatic rings. The van der Waals surface area contributed by atoms with Crippen LogP contribution >= 0.6 is 15.9 Å². The first-order chi connectivity index (χ1) is 13.2. The summed E-state index contributed by atoms with van der Waals surface area (Å²) in [6, 6.07) is 12.6. The zero-order valence-corrected chi connectivity index (χ0v) is 17.0. The quantitative estimate of drug-likeness (QED) is 0.721. The number of fused-ring (bicyclic) bond motifs is 4. The van der Waals surface area contributed by atoms with E-state index in [-0.39, 0.29) is 11.8 Å². The fourth-order valence-electron chi connectivity index (χ4n) is 4.49. The predicted molar refractivity (Wildman–Crippen MR) is 109 cm³/mol. The zero-order valence-electron chi connectivity index (χ0n) is 15.4. The van der Waals surface area contributed by atoms with Crippen molar-refractivity contribution in [2.75, 3.05) is 19.6 Å². The van der Waals surface area contributed by atoms with Crippen LogP contribution in [-0.2, 0) is 0 Å². The van der Waals surface area contributed by atoms with Gasteiger partial charge in [0, 0.05) is 48.6 Å². The second kappa shape index (κ2) is 6.60. The Bertz CT molecular complexity index is 877. The van der Waals surface area contributed by atoms with Crippen molar-refractivity contribution in [3.63, 3.8) is 0 Å². The summed E-state index contributed by atoms with van der Waals surface area (Å²) in [5.41, 5.74) is 2.87. The van der Waals surface area contributed by atoms with Gasteiger partial charge in [0.2, 0.25) is 5.72 Å². The Hall–Kier alpha value is -1.92. The van der Waals surface area contributed by atoms with E-state index in [1.54, 1.807) is 0 Å². The Kier molecular flexibility index (Phi) is 4.20. The monoisotopic (exact) mass is 426 g/mol. The summed E-state index contributed by atoms with van der Waals surface area (Å²) in [4.78, 5) is 7.02. The van der Waals surface area contributed by atoms with Gasteiger partial charge in [-0.05, 0) is 36.9 Å². The number of rotatable bonds is 2. The lowest BCUT2D eigenvalue weighted by Gasteiger charge is -2.51. The van der Waals surface area contributed by atoms with Crippen LogP contribution in [0, 0.1) is 0 Å². The zero-order chi connectivity index (χ0) is 18.4. The predicted octanol–water partition coefficient (Wildman–Crippen LogP) is 4.20. The molecule has 1 aromatic carbocycles. The van der Waals surface area contributed by atoms with Gasteiger partial charge >= 0.3 is 0 Å². The van der Waals surface area contributed by atoms with Gasteiger partial charge in [-0.2, -0.15) is 5.10 Å². The molecule has 0 bridgehead atoms. The first-order valence-electron chi connectivity index (χ1n) is 9.67. The lowest BCUT2D eigenvalue weighted by molar-refractivity contribution is -0.149. The van der Waals surface area contributed by atoms with Crippen LogP contribution in [0.3, 0.4) is 0 Å². The third-order valence-corrected chi connectivity index (χ3v) is 6.50. The molecule has 1 atom stereocenters. The maximum atomic E-state index is 6.66. The molecule has 3 aliphatic rings. The first kappa shape index (κ1) is 17.2. The molecule has 1 aromatic heterocycles. The summed E-state index contributed by atoms with van der Waals surface area (Å²) >= 11 is 3.62. The molecule has 1 unspecified atom stereocenters. The van der Waals surface area contributed by atoms with Crippen molar-refractivity contribution in [2.24, 2.45) is 5.10 Å². The van der Waals surface area contributed by atoms with Crippen molar-refractivity contribution in [1.29, 1.82) is 0 Å². The van der Waals surface area contributed by atoms with E-state index in [9.17, 15) is 0 Å². The summed E-state index contributed by atoms with van der Waals surface area (Å²) in [5, 5.41) is 7.31. The molecule has 0 saturated carbocycles. The second-order valence-electron chi connectivity index (χ2n) is 7.49. The number of hydrazone groups is 1. The van der Waals surface area contributed by atoms with Crippen molar-refractivity contribution in [3.05, 3.63) is 58.3 Å². The van der Waals surface area contributed by atoms with Crippen LogP contribution in [0.25, 0.3) is 0 Å². The highest BCUT2D eigenvalue weighted by atomic mass is 79.9. The number of benzene rings is 1. The smallest absolute Gasteiger partial charge is 0.200 e. The third kappa shape index (κ3) is 2.86. The number of pyridine rings is 1. The molecule has 4 heterocycles. The Labute approximate surface area is 168 Å². The van der Waals surface area contributed by atoms with Crippen LogP contribution in [0.4, 0.5) is 0 Å². The standard InChI is InChI=1S/C21H23BrN4O/c1-2-25-11-8-21(9-12-25)26-19(16-13-15(22)6-7-20(16)27-21)14-18(24-26)17-5-3-4-10-23-17/h3-7,10,13,19H,2,8-9,11-12,14H2,1H3. The molecule has 0 amide bonds. The van der Waals surface area contributed by atoms with Gasteiger partial charge in [-0.1, -0.05) is 28.9 Å². The molecule has 0 radical (unpaired) electrons. The minimum absolute atomic E-state index is 0.205. The van der Waals surface area contributed by atoms with E-state index in [2.05, 4.69) is 55.9 Å². The molecule has 1 saturated heterocycles. The summed E-state index contributed by atoms with van der Waals surface area (Å²) in [7, 11) is 0. The van der Waals surface area contributed by atoms with E-state index < -0.39 is 0 Å². The average molecular weight is 427 g/mol. The fraction of sp³-hybridized carbons (Fsp3) is 0.429. The number of nitrogens with zero attached hydrogens (tertiary/aromatic N) is 4. The summed E-state index contributed by atoms with van der Waals surface area (Å²) in [6.45, 7) is 5.40. The van der Waals surface area contributed by atoms with Crippen molar-refractivity contribution in [1.82, 2.24) is 14.9 Å². The second-order valence-corrected chi connectivity index (χ2v) is 8.41. The Morgan fingerprint density at radius 2 is 2.07 bits per heavy atom. The average Bonchev–Trinajstić information content (AvgIpc) is 3.17. The van der Waals surface area contributed by atoms with Gasteiger partial charge in [0.1, 0.15) is 5.75 Å². The van der Waals surface area contributed by atoms with Crippen LogP contribution in [0.15, 0.2) is 52.2 Å². The van der Waals surface area contributed by atoms with Gasteiger partial charge in [-0.25, -0.2) is 5.01 Å². The number of likely N-dealkylation sites (tertiary alicyclic amines) is 1. The molecule has 6 heteroatoms. The first-order valence-corrected chi connectivity index (χ1v) is 10.5. The molecule has 5 rings (SSSR count). The minimum atomic E-state index is -0.353. The third-order valence-electron chi connectivity index (χ3n) is 6.00. The Balaban J connectivity index is 1.57. The molecular weight excluding hydrogens is 404 g/mol. The van der Waals surface area contributed by atoms with Crippen molar-refractivity contribution in [2.45, 2.75) is 38.0 Å². The molecule has 5 nitrogen and oxygen atoms in total. The van der Waals surface area contributed by atoms with Gasteiger partial charge < -0.3 is 9.64 Å². The molecule has 1 spiro atoms. The lowest BCUT2D eigenvalue weighted by atomic mass is 9.91. The van der Waals surface area contributed by atoms with Crippen LogP contribution in [0.2, 0.25) is 0 Å². The summed E-state index contributed by atoms with van der Waals surface area (Å²) in [6.07, 6.45) is 4.63. The van der Waals surface area contributed by atoms with Gasteiger partial charge in [0.05, 0.1) is 17.4 Å². The van der Waals surface area contributed by atoms with E-state index in [1.165, 1.54) is 5.56 Å². The number of halogens is 1. The van der Waals surface area contributed by atoms with Crippen molar-refractivity contribution in [3.8, 4) is 5.75 Å². The van der Waals surface area contributed by atoms with Gasteiger partial charge in [0.15, 0.2) is 0 Å².